The molecule has 0 spiro atoms. The topological polar surface area (TPSA) is 96.1 Å². The fourth-order valence-corrected chi connectivity index (χ4v) is 8.54. The maximum Gasteiger partial charge on any atom is 0.335 e. The first-order chi connectivity index (χ1) is 25.8. The number of carbonyl (C=O) groups excluding carboxylic acids is 1. The van der Waals surface area contributed by atoms with Gasteiger partial charge in [-0.1, -0.05) is 29.3 Å². The molecule has 5 aromatic rings. The summed E-state index contributed by atoms with van der Waals surface area (Å²) in [6, 6.07) is 13.2. The number of rotatable bonds is 10. The number of halogens is 2. The minimum Gasteiger partial charge on any atom is -0.494 e. The predicted octanol–water partition coefficient (Wildman–Crippen LogP) is 8.09. The second-order valence-electron chi connectivity index (χ2n) is 14.9. The monoisotopic (exact) mass is 770 g/mol. The Kier molecular flexibility index (Phi) is 10.8. The van der Waals surface area contributed by atoms with Crippen LogP contribution in [0.15, 0.2) is 42.5 Å². The van der Waals surface area contributed by atoms with E-state index in [-0.39, 0.29) is 11.5 Å². The van der Waals surface area contributed by atoms with Crippen LogP contribution in [0, 0.1) is 27.7 Å². The molecular formula is C42H48Cl2N6O4. The molecule has 0 unspecified atom stereocenters. The van der Waals surface area contributed by atoms with Crippen LogP contribution in [0.1, 0.15) is 67.3 Å². The molecule has 1 saturated heterocycles. The van der Waals surface area contributed by atoms with Crippen molar-refractivity contribution >= 4 is 51.7 Å². The second kappa shape index (κ2) is 15.4. The molecule has 2 aromatic heterocycles. The lowest BCUT2D eigenvalue weighted by atomic mass is 9.98. The summed E-state index contributed by atoms with van der Waals surface area (Å²) in [6.45, 7) is 13.8. The van der Waals surface area contributed by atoms with Crippen molar-refractivity contribution in [3.63, 3.8) is 0 Å². The van der Waals surface area contributed by atoms with Gasteiger partial charge in [-0.3, -0.25) is 14.4 Å². The number of amides is 1. The van der Waals surface area contributed by atoms with Crippen LogP contribution in [-0.2, 0) is 26.6 Å². The normalized spacial score (nSPS) is 15.6. The average molecular weight is 772 g/mol. The lowest BCUT2D eigenvalue weighted by Crippen LogP contribution is -2.43. The quantitative estimate of drug-likeness (QED) is 0.144. The molecular weight excluding hydrogens is 723 g/mol. The number of fused-ring (bicyclic) bond motifs is 3. The van der Waals surface area contributed by atoms with Gasteiger partial charge in [0.1, 0.15) is 11.4 Å². The van der Waals surface area contributed by atoms with Gasteiger partial charge in [0.2, 0.25) is 0 Å². The third-order valence-corrected chi connectivity index (χ3v) is 11.9. The fourth-order valence-electron chi connectivity index (χ4n) is 8.19. The van der Waals surface area contributed by atoms with Crippen LogP contribution >= 0.6 is 23.2 Å². The molecule has 7 rings (SSSR count). The molecule has 1 fully saturated rings. The van der Waals surface area contributed by atoms with E-state index in [1.54, 1.807) is 17.0 Å². The van der Waals surface area contributed by atoms with E-state index in [0.717, 1.165) is 92.6 Å². The maximum absolute atomic E-state index is 15.1. The summed E-state index contributed by atoms with van der Waals surface area (Å²) >= 11 is 13.5. The minimum atomic E-state index is -1.01. The van der Waals surface area contributed by atoms with Crippen LogP contribution in [0.3, 0.4) is 0 Å². The third-order valence-electron chi connectivity index (χ3n) is 11.0. The smallest absolute Gasteiger partial charge is 0.335 e. The first kappa shape index (κ1) is 37.9. The number of hydrogen-bond acceptors (Lipinski definition) is 6. The van der Waals surface area contributed by atoms with Gasteiger partial charge in [-0.2, -0.15) is 5.10 Å². The molecule has 1 N–H and O–H groups in total. The highest BCUT2D eigenvalue weighted by Crippen LogP contribution is 2.43. The van der Waals surface area contributed by atoms with Crippen LogP contribution in [0.25, 0.3) is 22.0 Å². The zero-order chi connectivity index (χ0) is 38.4. The van der Waals surface area contributed by atoms with Gasteiger partial charge in [0.15, 0.2) is 0 Å². The Bertz CT molecular complexity index is 2250. The summed E-state index contributed by atoms with van der Waals surface area (Å²) in [7, 11) is 4.04. The fraction of sp³-hybridized carbons (Fsp3) is 0.405. The van der Waals surface area contributed by atoms with E-state index in [2.05, 4.69) is 21.4 Å². The lowest BCUT2D eigenvalue weighted by molar-refractivity contribution is 0.0696. The van der Waals surface area contributed by atoms with E-state index in [9.17, 15) is 9.90 Å². The zero-order valence-corrected chi connectivity index (χ0v) is 33.4. The van der Waals surface area contributed by atoms with Crippen LogP contribution in [0.2, 0.25) is 10.0 Å². The number of ether oxygens (including phenoxy) is 1. The van der Waals surface area contributed by atoms with E-state index in [4.69, 9.17) is 33.0 Å². The molecule has 3 aromatic carbocycles. The highest BCUT2D eigenvalue weighted by molar-refractivity contribution is 6.35. The van der Waals surface area contributed by atoms with E-state index in [1.807, 2.05) is 69.8 Å². The Morgan fingerprint density at radius 2 is 1.63 bits per heavy atom. The Morgan fingerprint density at radius 3 is 2.30 bits per heavy atom. The number of hydrogen-bond donors (Lipinski definition) is 1. The Labute approximate surface area is 326 Å². The van der Waals surface area contributed by atoms with Gasteiger partial charge in [-0.15, -0.1) is 0 Å². The molecule has 1 amide bonds. The summed E-state index contributed by atoms with van der Waals surface area (Å²) < 4.78 is 10.2. The number of benzene rings is 3. The summed E-state index contributed by atoms with van der Waals surface area (Å²) in [5.74, 6) is -0.404. The first-order valence-corrected chi connectivity index (χ1v) is 19.4. The number of likely N-dealkylation sites (N-methyl/N-ethyl adjacent to an activating group) is 1. The molecule has 0 atom stereocenters. The molecule has 0 aliphatic carbocycles. The van der Waals surface area contributed by atoms with Crippen molar-refractivity contribution in [1.29, 1.82) is 0 Å². The number of carboxylic acid groups (broad SMARTS) is 1. The largest absolute Gasteiger partial charge is 0.494 e. The second-order valence-corrected chi connectivity index (χ2v) is 15.7. The number of nitrogens with zero attached hydrogens (tertiary/aromatic N) is 6. The van der Waals surface area contributed by atoms with Gasteiger partial charge in [-0.25, -0.2) is 4.79 Å². The number of carbonyl (C=O) groups is 2. The number of aryl methyl sites for hydroxylation is 6. The summed E-state index contributed by atoms with van der Waals surface area (Å²) in [5, 5.41) is 17.2. The molecule has 12 heteroatoms. The van der Waals surface area contributed by atoms with E-state index < -0.39 is 5.97 Å². The molecule has 54 heavy (non-hydrogen) atoms. The Morgan fingerprint density at radius 1 is 0.907 bits per heavy atom. The highest BCUT2D eigenvalue weighted by atomic mass is 35.5. The van der Waals surface area contributed by atoms with Crippen LogP contribution < -0.4 is 9.64 Å². The molecule has 0 radical (unpaired) electrons. The summed E-state index contributed by atoms with van der Waals surface area (Å²) in [4.78, 5) is 34.0. The molecule has 0 bridgehead atoms. The van der Waals surface area contributed by atoms with Crippen molar-refractivity contribution in [3.05, 3.63) is 97.4 Å². The Hall–Kier alpha value is -4.35. The van der Waals surface area contributed by atoms with Gasteiger partial charge in [0.25, 0.3) is 5.91 Å². The van der Waals surface area contributed by atoms with Crippen molar-refractivity contribution < 1.29 is 19.4 Å². The van der Waals surface area contributed by atoms with Gasteiger partial charge >= 0.3 is 5.97 Å². The van der Waals surface area contributed by atoms with Gasteiger partial charge < -0.3 is 24.2 Å². The van der Waals surface area contributed by atoms with E-state index in [1.165, 1.54) is 0 Å². The van der Waals surface area contributed by atoms with Crippen LogP contribution in [-0.4, -0.2) is 87.5 Å². The number of carboxylic acids is 1. The third kappa shape index (κ3) is 7.24. The van der Waals surface area contributed by atoms with Gasteiger partial charge in [-0.05, 0) is 113 Å². The van der Waals surface area contributed by atoms with Crippen LogP contribution in [0.5, 0.6) is 5.75 Å². The SMILES string of the molecule is Cc1cc(OCCCc2c3n(c4c(-c5c(C)nn(C)c5C)c(Cl)ccc24)CCCN(c2cc(CN4CCN(C)CC4)cc(C(=O)O)c2)C3=O)cc(C)c1Cl. The van der Waals surface area contributed by atoms with E-state index in [0.29, 0.717) is 61.9 Å². The predicted molar refractivity (Wildman–Crippen MR) is 216 cm³/mol. The molecule has 2 aliphatic heterocycles. The van der Waals surface area contributed by atoms with Crippen molar-refractivity contribution in [1.82, 2.24) is 24.1 Å². The molecule has 2 aliphatic rings. The number of piperazine rings is 1. The van der Waals surface area contributed by atoms with Crippen molar-refractivity contribution in [2.75, 3.05) is 51.3 Å². The van der Waals surface area contributed by atoms with Gasteiger partial charge in [0.05, 0.1) is 28.4 Å². The summed E-state index contributed by atoms with van der Waals surface area (Å²) in [6.07, 6.45) is 1.91. The molecule has 4 heterocycles. The maximum atomic E-state index is 15.1. The highest BCUT2D eigenvalue weighted by Gasteiger charge is 2.33. The molecule has 284 valence electrons. The number of aromatic nitrogens is 3. The lowest BCUT2D eigenvalue weighted by Gasteiger charge is -2.32. The van der Waals surface area contributed by atoms with Crippen molar-refractivity contribution in [3.8, 4) is 16.9 Å². The zero-order valence-electron chi connectivity index (χ0n) is 31.9. The minimum absolute atomic E-state index is 0.154. The molecule has 10 nitrogen and oxygen atoms in total. The van der Waals surface area contributed by atoms with Gasteiger partial charge in [0, 0.05) is 85.8 Å². The van der Waals surface area contributed by atoms with E-state index >= 15 is 4.79 Å². The average Bonchev–Trinajstić information content (AvgIpc) is 3.50. The number of aromatic carboxylic acids is 1. The van der Waals surface area contributed by atoms with Crippen molar-refractivity contribution in [2.45, 2.75) is 60.0 Å². The standard InChI is InChI=1S/C42H48Cl2N6O4/c1-25-19-32(20-26(2)38(25)44)54-18-7-9-33-34-10-11-35(43)37(36-27(3)45-47(6)28(36)4)39(34)50-13-8-12-49(41(51)40(33)50)31-22-29(21-30(23-31)42(52)53)24-48-16-14-46(5)15-17-48/h10-11,19-23H,7-9,12-18,24H2,1-6H3,(H,52,53). The van der Waals surface area contributed by atoms with Crippen LogP contribution in [0.4, 0.5) is 5.69 Å². The molecule has 0 saturated carbocycles. The van der Waals surface area contributed by atoms with Crippen molar-refractivity contribution in [2.24, 2.45) is 7.05 Å². The Balaban J connectivity index is 1.31. The summed E-state index contributed by atoms with van der Waals surface area (Å²) in [5.41, 5.74) is 9.72. The number of anilines is 1. The first-order valence-electron chi connectivity index (χ1n) is 18.7.